The number of carbonyl (C=O) groups is 1. The summed E-state index contributed by atoms with van der Waals surface area (Å²) in [6.07, 6.45) is 5.80. The Balaban J connectivity index is 3.42. The molecular weight excluding hydrogens is 216 g/mol. The molecule has 1 N–H and O–H groups in total. The number of rotatable bonds is 9. The highest BCUT2D eigenvalue weighted by atomic mass is 35.5. The van der Waals surface area contributed by atoms with Crippen LogP contribution >= 0.6 is 11.6 Å². The number of carbonyl (C=O) groups excluding carboxylic acids is 1. The first-order chi connectivity index (χ1) is 7.22. The molecule has 88 valence electrons. The van der Waals surface area contributed by atoms with Crippen LogP contribution in [0.25, 0.3) is 0 Å². The summed E-state index contributed by atoms with van der Waals surface area (Å²) in [5.41, 5.74) is 0. The van der Waals surface area contributed by atoms with Crippen molar-refractivity contribution in [2.45, 2.75) is 37.5 Å². The number of hydrogen-bond donors (Lipinski definition) is 1. The van der Waals surface area contributed by atoms with Gasteiger partial charge in [-0.3, -0.25) is 4.79 Å². The molecule has 0 heterocycles. The quantitative estimate of drug-likeness (QED) is 0.288. The lowest BCUT2D eigenvalue weighted by atomic mass is 10.1. The molecule has 0 aliphatic rings. The number of halogens is 1. The summed E-state index contributed by atoms with van der Waals surface area (Å²) in [6.45, 7) is 3.89. The SMILES string of the molecule is C=CCOC(=O)C(Cl)CCCCCCO. The molecule has 0 aromatic heterocycles. The van der Waals surface area contributed by atoms with Crippen LogP contribution in [0.15, 0.2) is 12.7 Å². The van der Waals surface area contributed by atoms with Gasteiger partial charge in [-0.25, -0.2) is 0 Å². The van der Waals surface area contributed by atoms with Crippen molar-refractivity contribution in [2.24, 2.45) is 0 Å². The van der Waals surface area contributed by atoms with E-state index in [1.54, 1.807) is 0 Å². The average Bonchev–Trinajstić information content (AvgIpc) is 2.25. The minimum Gasteiger partial charge on any atom is -0.460 e. The lowest BCUT2D eigenvalue weighted by molar-refractivity contribution is -0.142. The number of alkyl halides is 1. The van der Waals surface area contributed by atoms with Crippen molar-refractivity contribution in [1.29, 1.82) is 0 Å². The van der Waals surface area contributed by atoms with Gasteiger partial charge in [0.25, 0.3) is 0 Å². The van der Waals surface area contributed by atoms with Crippen molar-refractivity contribution in [3.8, 4) is 0 Å². The second kappa shape index (κ2) is 9.99. The smallest absolute Gasteiger partial charge is 0.324 e. The zero-order valence-electron chi connectivity index (χ0n) is 8.95. The molecule has 15 heavy (non-hydrogen) atoms. The summed E-state index contributed by atoms with van der Waals surface area (Å²) in [7, 11) is 0. The number of unbranched alkanes of at least 4 members (excludes halogenated alkanes) is 3. The topological polar surface area (TPSA) is 46.5 Å². The van der Waals surface area contributed by atoms with Crippen LogP contribution in [0, 0.1) is 0 Å². The lowest BCUT2D eigenvalue weighted by Gasteiger charge is -2.07. The first-order valence-corrected chi connectivity index (χ1v) is 5.68. The normalized spacial score (nSPS) is 12.1. The second-order valence-electron chi connectivity index (χ2n) is 3.31. The van der Waals surface area contributed by atoms with Gasteiger partial charge < -0.3 is 9.84 Å². The largest absolute Gasteiger partial charge is 0.460 e. The molecule has 0 aliphatic carbocycles. The Hall–Kier alpha value is -0.540. The fraction of sp³-hybridized carbons (Fsp3) is 0.727. The molecule has 4 heteroatoms. The van der Waals surface area contributed by atoms with E-state index in [0.29, 0.717) is 6.42 Å². The first kappa shape index (κ1) is 14.5. The Bertz CT molecular complexity index is 183. The fourth-order valence-electron chi connectivity index (χ4n) is 1.14. The predicted molar refractivity (Wildman–Crippen MR) is 61.0 cm³/mol. The third kappa shape index (κ3) is 8.45. The Morgan fingerprint density at radius 3 is 2.67 bits per heavy atom. The van der Waals surface area contributed by atoms with Gasteiger partial charge >= 0.3 is 5.97 Å². The Morgan fingerprint density at radius 2 is 2.07 bits per heavy atom. The molecule has 1 unspecified atom stereocenters. The molecule has 3 nitrogen and oxygen atoms in total. The van der Waals surface area contributed by atoms with Crippen LogP contribution in [-0.4, -0.2) is 29.7 Å². The Morgan fingerprint density at radius 1 is 1.40 bits per heavy atom. The van der Waals surface area contributed by atoms with Crippen LogP contribution in [0.3, 0.4) is 0 Å². The van der Waals surface area contributed by atoms with Gasteiger partial charge in [-0.05, 0) is 12.8 Å². The van der Waals surface area contributed by atoms with Gasteiger partial charge in [0.2, 0.25) is 0 Å². The van der Waals surface area contributed by atoms with Crippen molar-refractivity contribution in [2.75, 3.05) is 13.2 Å². The summed E-state index contributed by atoms with van der Waals surface area (Å²) in [5, 5.41) is 7.99. The standard InChI is InChI=1S/C11H19ClO3/c1-2-9-15-11(14)10(12)7-5-3-4-6-8-13/h2,10,13H,1,3-9H2. The molecule has 0 saturated carbocycles. The highest BCUT2D eigenvalue weighted by Gasteiger charge is 2.15. The van der Waals surface area contributed by atoms with Crippen molar-refractivity contribution in [3.05, 3.63) is 12.7 Å². The van der Waals surface area contributed by atoms with E-state index in [9.17, 15) is 4.79 Å². The fourth-order valence-corrected chi connectivity index (χ4v) is 1.36. The van der Waals surface area contributed by atoms with Crippen molar-refractivity contribution in [1.82, 2.24) is 0 Å². The maximum Gasteiger partial charge on any atom is 0.324 e. The van der Waals surface area contributed by atoms with E-state index in [1.807, 2.05) is 0 Å². The maximum atomic E-state index is 11.2. The predicted octanol–water partition coefficient (Wildman–Crippen LogP) is 2.27. The van der Waals surface area contributed by atoms with Gasteiger partial charge in [-0.1, -0.05) is 31.9 Å². The van der Waals surface area contributed by atoms with E-state index in [0.717, 1.165) is 25.7 Å². The highest BCUT2D eigenvalue weighted by molar-refractivity contribution is 6.29. The minimum atomic E-state index is -0.556. The molecule has 0 bridgehead atoms. The van der Waals surface area contributed by atoms with E-state index in [1.165, 1.54) is 6.08 Å². The summed E-state index contributed by atoms with van der Waals surface area (Å²) >= 11 is 5.82. The summed E-state index contributed by atoms with van der Waals surface area (Å²) in [5.74, 6) is -0.376. The van der Waals surface area contributed by atoms with E-state index < -0.39 is 5.38 Å². The Labute approximate surface area is 96.1 Å². The highest BCUT2D eigenvalue weighted by Crippen LogP contribution is 2.11. The van der Waals surface area contributed by atoms with Crippen molar-refractivity contribution < 1.29 is 14.6 Å². The number of aliphatic hydroxyl groups excluding tert-OH is 1. The maximum absolute atomic E-state index is 11.2. The van der Waals surface area contributed by atoms with Crippen LogP contribution in [0.5, 0.6) is 0 Å². The van der Waals surface area contributed by atoms with Gasteiger partial charge in [-0.15, -0.1) is 11.6 Å². The molecule has 0 aliphatic heterocycles. The molecule has 0 fully saturated rings. The van der Waals surface area contributed by atoms with Crippen molar-refractivity contribution in [3.63, 3.8) is 0 Å². The lowest BCUT2D eigenvalue weighted by Crippen LogP contribution is -2.17. The minimum absolute atomic E-state index is 0.215. The first-order valence-electron chi connectivity index (χ1n) is 5.24. The van der Waals surface area contributed by atoms with Gasteiger partial charge in [0.05, 0.1) is 0 Å². The third-order valence-corrected chi connectivity index (χ3v) is 2.36. The monoisotopic (exact) mass is 234 g/mol. The number of aliphatic hydroxyl groups is 1. The molecule has 0 spiro atoms. The van der Waals surface area contributed by atoms with Gasteiger partial charge in [0.15, 0.2) is 0 Å². The third-order valence-electron chi connectivity index (χ3n) is 1.96. The average molecular weight is 235 g/mol. The van der Waals surface area contributed by atoms with Crippen LogP contribution < -0.4 is 0 Å². The van der Waals surface area contributed by atoms with Gasteiger partial charge in [-0.2, -0.15) is 0 Å². The number of ether oxygens (including phenoxy) is 1. The van der Waals surface area contributed by atoms with E-state index in [2.05, 4.69) is 6.58 Å². The van der Waals surface area contributed by atoms with E-state index >= 15 is 0 Å². The zero-order chi connectivity index (χ0) is 11.5. The summed E-state index contributed by atoms with van der Waals surface area (Å²) < 4.78 is 4.80. The van der Waals surface area contributed by atoms with Gasteiger partial charge in [0, 0.05) is 6.61 Å². The molecule has 0 amide bonds. The van der Waals surface area contributed by atoms with Crippen LogP contribution in [0.2, 0.25) is 0 Å². The number of hydrogen-bond acceptors (Lipinski definition) is 3. The second-order valence-corrected chi connectivity index (χ2v) is 3.84. The number of esters is 1. The van der Waals surface area contributed by atoms with Crippen LogP contribution in [0.4, 0.5) is 0 Å². The van der Waals surface area contributed by atoms with Crippen LogP contribution in [-0.2, 0) is 9.53 Å². The molecule has 0 radical (unpaired) electrons. The van der Waals surface area contributed by atoms with Crippen LogP contribution in [0.1, 0.15) is 32.1 Å². The molecule has 1 atom stereocenters. The molecule has 0 rings (SSSR count). The van der Waals surface area contributed by atoms with Gasteiger partial charge in [0.1, 0.15) is 12.0 Å². The zero-order valence-corrected chi connectivity index (χ0v) is 9.71. The molecule has 0 aromatic carbocycles. The molecule has 0 saturated heterocycles. The summed E-state index contributed by atoms with van der Waals surface area (Å²) in [6, 6.07) is 0. The Kier molecular flexibility index (Phi) is 9.63. The van der Waals surface area contributed by atoms with E-state index in [4.69, 9.17) is 21.4 Å². The summed E-state index contributed by atoms with van der Waals surface area (Å²) in [4.78, 5) is 11.2. The van der Waals surface area contributed by atoms with E-state index in [-0.39, 0.29) is 19.2 Å². The van der Waals surface area contributed by atoms with Crippen molar-refractivity contribution >= 4 is 17.6 Å². The molecular formula is C11H19ClO3. The molecule has 0 aromatic rings.